The molecule has 2 atom stereocenters. The molecule has 0 bridgehead atoms. The summed E-state index contributed by atoms with van der Waals surface area (Å²) in [7, 11) is 0. The maximum absolute atomic E-state index is 5.57. The highest BCUT2D eigenvalue weighted by Gasteiger charge is 2.12. The van der Waals surface area contributed by atoms with Gasteiger partial charge in [-0.25, -0.2) is 0 Å². The Labute approximate surface area is 48.0 Å². The van der Waals surface area contributed by atoms with Crippen LogP contribution in [0.2, 0.25) is 0 Å². The molecular weight excluding hydrogens is 106 g/mol. The summed E-state index contributed by atoms with van der Waals surface area (Å²) in [5.74, 6) is 0. The fourth-order valence-corrected chi connectivity index (χ4v) is 1.30. The Hall–Kier alpha value is 0.0500. The zero-order valence-corrected chi connectivity index (χ0v) is 5.11. The lowest BCUT2D eigenvalue weighted by Gasteiger charge is -2.04. The second-order valence-corrected chi connectivity index (χ2v) is 3.03. The first-order valence-electron chi connectivity index (χ1n) is 2.38. The van der Waals surface area contributed by atoms with Crippen LogP contribution in [0.15, 0.2) is 11.5 Å². The number of rotatable bonds is 0. The van der Waals surface area contributed by atoms with Crippen LogP contribution in [0.4, 0.5) is 0 Å². The van der Waals surface area contributed by atoms with Crippen LogP contribution in [0.25, 0.3) is 0 Å². The van der Waals surface area contributed by atoms with E-state index in [1.807, 2.05) is 6.08 Å². The topological polar surface area (TPSA) is 26.0 Å². The van der Waals surface area contributed by atoms with E-state index in [9.17, 15) is 0 Å². The Morgan fingerprint density at radius 3 is 2.57 bits per heavy atom. The van der Waals surface area contributed by atoms with E-state index < -0.39 is 0 Å². The average Bonchev–Trinajstić information content (AvgIpc) is 1.91. The monoisotopic (exact) mass is 115 g/mol. The molecule has 1 rings (SSSR count). The molecule has 0 aromatic heterocycles. The van der Waals surface area contributed by atoms with Gasteiger partial charge in [0, 0.05) is 11.3 Å². The Bertz CT molecular complexity index is 90.1. The van der Waals surface area contributed by atoms with Crippen molar-refractivity contribution in [2.45, 2.75) is 18.2 Å². The predicted octanol–water partition coefficient (Wildman–Crippen LogP) is 0.963. The van der Waals surface area contributed by atoms with Gasteiger partial charge in [-0.2, -0.15) is 0 Å². The summed E-state index contributed by atoms with van der Waals surface area (Å²) in [5.41, 5.74) is 5.57. The van der Waals surface area contributed by atoms with Crippen LogP contribution < -0.4 is 5.73 Å². The van der Waals surface area contributed by atoms with Gasteiger partial charge in [-0.05, 0) is 5.41 Å². The van der Waals surface area contributed by atoms with Crippen molar-refractivity contribution in [2.24, 2.45) is 5.73 Å². The fraction of sp³-hybridized carbons (Fsp3) is 0.600. The highest BCUT2D eigenvalue weighted by molar-refractivity contribution is 8.03. The summed E-state index contributed by atoms with van der Waals surface area (Å²) in [6.45, 7) is 2.13. The molecule has 1 nitrogen and oxygen atoms in total. The van der Waals surface area contributed by atoms with Gasteiger partial charge in [-0.3, -0.25) is 0 Å². The van der Waals surface area contributed by atoms with E-state index in [4.69, 9.17) is 5.73 Å². The van der Waals surface area contributed by atoms with Crippen molar-refractivity contribution in [1.29, 1.82) is 0 Å². The number of hydrogen-bond donors (Lipinski definition) is 1. The van der Waals surface area contributed by atoms with Crippen molar-refractivity contribution in [2.75, 3.05) is 0 Å². The molecule has 7 heavy (non-hydrogen) atoms. The number of hydrogen-bond acceptors (Lipinski definition) is 2. The highest BCUT2D eigenvalue weighted by Crippen LogP contribution is 2.21. The molecule has 0 spiro atoms. The first kappa shape index (κ1) is 5.19. The van der Waals surface area contributed by atoms with Gasteiger partial charge in [0.1, 0.15) is 0 Å². The van der Waals surface area contributed by atoms with Crippen LogP contribution in [0.5, 0.6) is 0 Å². The van der Waals surface area contributed by atoms with E-state index in [-0.39, 0.29) is 0 Å². The van der Waals surface area contributed by atoms with Crippen molar-refractivity contribution in [3.8, 4) is 0 Å². The van der Waals surface area contributed by atoms with Crippen molar-refractivity contribution in [3.05, 3.63) is 11.5 Å². The lowest BCUT2D eigenvalue weighted by atomic mass is 10.2. The van der Waals surface area contributed by atoms with Gasteiger partial charge in [-0.1, -0.05) is 13.0 Å². The van der Waals surface area contributed by atoms with Gasteiger partial charge >= 0.3 is 0 Å². The maximum Gasteiger partial charge on any atom is 0.0353 e. The summed E-state index contributed by atoms with van der Waals surface area (Å²) in [5, 5.41) is 2.66. The number of nitrogens with two attached hydrogens (primary N) is 1. The normalized spacial score (nSPS) is 39.7. The summed E-state index contributed by atoms with van der Waals surface area (Å²) in [4.78, 5) is 0. The van der Waals surface area contributed by atoms with Gasteiger partial charge in [0.15, 0.2) is 0 Å². The smallest absolute Gasteiger partial charge is 0.0353 e. The molecule has 1 heterocycles. The molecule has 0 saturated carbocycles. The van der Waals surface area contributed by atoms with Crippen LogP contribution >= 0.6 is 11.8 Å². The quantitative estimate of drug-likeness (QED) is 0.509. The Morgan fingerprint density at radius 2 is 2.43 bits per heavy atom. The van der Waals surface area contributed by atoms with E-state index in [1.54, 1.807) is 11.8 Å². The van der Waals surface area contributed by atoms with Crippen LogP contribution in [0.1, 0.15) is 6.92 Å². The second kappa shape index (κ2) is 1.88. The Morgan fingerprint density at radius 1 is 1.71 bits per heavy atom. The molecule has 0 fully saturated rings. The second-order valence-electron chi connectivity index (χ2n) is 1.75. The molecule has 2 heteroatoms. The highest BCUT2D eigenvalue weighted by atomic mass is 32.2. The van der Waals surface area contributed by atoms with Gasteiger partial charge < -0.3 is 5.73 Å². The molecule has 0 amide bonds. The molecule has 0 aliphatic carbocycles. The van der Waals surface area contributed by atoms with Gasteiger partial charge in [-0.15, -0.1) is 11.8 Å². The molecule has 40 valence electrons. The lowest BCUT2D eigenvalue weighted by Crippen LogP contribution is -2.24. The van der Waals surface area contributed by atoms with E-state index in [1.165, 1.54) is 0 Å². The summed E-state index contributed by atoms with van der Waals surface area (Å²) >= 11 is 1.80. The predicted molar refractivity (Wildman–Crippen MR) is 34.2 cm³/mol. The summed E-state index contributed by atoms with van der Waals surface area (Å²) < 4.78 is 0. The van der Waals surface area contributed by atoms with E-state index in [2.05, 4.69) is 12.3 Å². The molecule has 0 aromatic rings. The summed E-state index contributed by atoms with van der Waals surface area (Å²) in [6.07, 6.45) is 2.04. The average molecular weight is 115 g/mol. The van der Waals surface area contributed by atoms with Crippen LogP contribution in [0, 0.1) is 0 Å². The minimum Gasteiger partial charge on any atom is -0.324 e. The third-order valence-electron chi connectivity index (χ3n) is 1.14. The molecule has 1 aliphatic heterocycles. The standard InChI is InChI=1S/C5H9NS/c1-4-5(6)2-3-7-4/h2-5H,6H2,1H3. The molecule has 0 radical (unpaired) electrons. The maximum atomic E-state index is 5.57. The molecule has 0 saturated heterocycles. The largest absolute Gasteiger partial charge is 0.324 e. The third kappa shape index (κ3) is 0.983. The van der Waals surface area contributed by atoms with Crippen molar-refractivity contribution in [3.63, 3.8) is 0 Å². The van der Waals surface area contributed by atoms with Crippen molar-refractivity contribution < 1.29 is 0 Å². The van der Waals surface area contributed by atoms with E-state index in [0.29, 0.717) is 11.3 Å². The van der Waals surface area contributed by atoms with Crippen molar-refractivity contribution in [1.82, 2.24) is 0 Å². The molecule has 1 aliphatic rings. The third-order valence-corrected chi connectivity index (χ3v) is 2.19. The van der Waals surface area contributed by atoms with E-state index >= 15 is 0 Å². The van der Waals surface area contributed by atoms with Crippen LogP contribution in [-0.2, 0) is 0 Å². The van der Waals surface area contributed by atoms with Crippen molar-refractivity contribution >= 4 is 11.8 Å². The molecule has 2 N–H and O–H groups in total. The molecular formula is C5H9NS. The zero-order chi connectivity index (χ0) is 5.28. The van der Waals surface area contributed by atoms with Crippen LogP contribution in [0.3, 0.4) is 0 Å². The molecule has 2 unspecified atom stereocenters. The van der Waals surface area contributed by atoms with Gasteiger partial charge in [0.05, 0.1) is 0 Å². The Kier molecular flexibility index (Phi) is 1.40. The minimum absolute atomic E-state index is 0.296. The lowest BCUT2D eigenvalue weighted by molar-refractivity contribution is 0.814. The minimum atomic E-state index is 0.296. The fourth-order valence-electron chi connectivity index (χ4n) is 0.507. The first-order valence-corrected chi connectivity index (χ1v) is 3.32. The SMILES string of the molecule is CC1SC=CC1N. The van der Waals surface area contributed by atoms with Crippen LogP contribution in [-0.4, -0.2) is 11.3 Å². The zero-order valence-electron chi connectivity index (χ0n) is 4.29. The first-order chi connectivity index (χ1) is 3.30. The Balaban J connectivity index is 2.45. The summed E-state index contributed by atoms with van der Waals surface area (Å²) in [6, 6.07) is 0.296. The number of thioether (sulfide) groups is 1. The molecule has 0 aromatic carbocycles. The van der Waals surface area contributed by atoms with Gasteiger partial charge in [0.25, 0.3) is 0 Å². The van der Waals surface area contributed by atoms with Gasteiger partial charge in [0.2, 0.25) is 0 Å². The van der Waals surface area contributed by atoms with E-state index in [0.717, 1.165) is 0 Å².